The number of rotatable bonds is 3. The first-order valence-electron chi connectivity index (χ1n) is 7.29. The maximum atomic E-state index is 12.7. The minimum atomic E-state index is -0.0181. The molecule has 2 aliphatic rings. The largest absolute Gasteiger partial charge is 0.336 e. The Balaban J connectivity index is 1.83. The van der Waals surface area contributed by atoms with E-state index in [1.807, 2.05) is 11.9 Å². The normalized spacial score (nSPS) is 25.9. The zero-order valence-electron chi connectivity index (χ0n) is 11.8. The second kappa shape index (κ2) is 5.85. The highest BCUT2D eigenvalue weighted by Gasteiger charge is 2.29. The number of nitrogens with zero attached hydrogens (tertiary/aromatic N) is 3. The van der Waals surface area contributed by atoms with E-state index in [2.05, 4.69) is 20.6 Å². The number of aromatic nitrogens is 2. The summed E-state index contributed by atoms with van der Waals surface area (Å²) >= 11 is 0. The molecule has 0 aromatic carbocycles. The fourth-order valence-electron chi connectivity index (χ4n) is 2.99. The van der Waals surface area contributed by atoms with Crippen molar-refractivity contribution in [1.82, 2.24) is 25.5 Å². The number of hydrogen-bond donors (Lipinski definition) is 2. The van der Waals surface area contributed by atoms with Crippen molar-refractivity contribution < 1.29 is 4.79 Å². The molecular weight excluding hydrogens is 254 g/mol. The summed E-state index contributed by atoms with van der Waals surface area (Å²) in [7, 11) is 1.86. The zero-order chi connectivity index (χ0) is 13.9. The number of nitrogens with one attached hydrogen (secondary N) is 2. The Morgan fingerprint density at radius 3 is 2.85 bits per heavy atom. The molecule has 2 unspecified atom stereocenters. The number of carbonyl (C=O) groups is 1. The lowest BCUT2D eigenvalue weighted by molar-refractivity contribution is 0.0735. The molecule has 0 spiro atoms. The van der Waals surface area contributed by atoms with E-state index in [4.69, 9.17) is 0 Å². The predicted octanol–water partition coefficient (Wildman–Crippen LogP) is 0.335. The van der Waals surface area contributed by atoms with Crippen LogP contribution in [0.15, 0.2) is 12.4 Å². The van der Waals surface area contributed by atoms with Gasteiger partial charge in [-0.2, -0.15) is 0 Å². The fourth-order valence-corrected chi connectivity index (χ4v) is 2.99. The molecule has 3 rings (SSSR count). The van der Waals surface area contributed by atoms with Crippen molar-refractivity contribution in [3.8, 4) is 0 Å². The maximum Gasteiger partial charge on any atom is 0.274 e. The van der Waals surface area contributed by atoms with Gasteiger partial charge in [0.1, 0.15) is 0 Å². The Kier molecular flexibility index (Phi) is 3.93. The lowest BCUT2D eigenvalue weighted by Gasteiger charge is -2.24. The molecule has 6 nitrogen and oxygen atoms in total. The summed E-state index contributed by atoms with van der Waals surface area (Å²) < 4.78 is 0. The number of amides is 1. The van der Waals surface area contributed by atoms with E-state index in [0.717, 1.165) is 44.6 Å². The lowest BCUT2D eigenvalue weighted by atomic mass is 10.1. The van der Waals surface area contributed by atoms with Crippen molar-refractivity contribution in [3.05, 3.63) is 23.8 Å². The van der Waals surface area contributed by atoms with Crippen LogP contribution in [0.25, 0.3) is 0 Å². The molecule has 0 bridgehead atoms. The van der Waals surface area contributed by atoms with Crippen LogP contribution in [0.1, 0.15) is 41.5 Å². The summed E-state index contributed by atoms with van der Waals surface area (Å²) in [4.78, 5) is 23.2. The third-order valence-corrected chi connectivity index (χ3v) is 4.22. The van der Waals surface area contributed by atoms with Gasteiger partial charge in [-0.05, 0) is 32.4 Å². The quantitative estimate of drug-likeness (QED) is 0.832. The minimum absolute atomic E-state index is 0.0181. The molecule has 0 saturated carbocycles. The molecule has 2 N–H and O–H groups in total. The van der Waals surface area contributed by atoms with E-state index < -0.39 is 0 Å². The zero-order valence-corrected chi connectivity index (χ0v) is 11.8. The van der Waals surface area contributed by atoms with Gasteiger partial charge >= 0.3 is 0 Å². The highest BCUT2D eigenvalue weighted by atomic mass is 16.2. The molecular formula is C14H21N5O. The average molecular weight is 275 g/mol. The molecule has 1 aromatic rings. The van der Waals surface area contributed by atoms with Gasteiger partial charge in [-0.3, -0.25) is 9.78 Å². The highest BCUT2D eigenvalue weighted by molar-refractivity contribution is 5.93. The number of carbonyl (C=O) groups excluding carboxylic acids is 1. The standard InChI is InChI=1S/C14H21N5O/c1-19(10-4-6-15-9-10)14(20)13-12(17-7-8-18-13)11-3-2-5-16-11/h7-8,10-11,15-16H,2-6,9H2,1H3. The summed E-state index contributed by atoms with van der Waals surface area (Å²) in [6, 6.07) is 0.423. The molecule has 2 saturated heterocycles. The van der Waals surface area contributed by atoms with E-state index in [0.29, 0.717) is 5.69 Å². The van der Waals surface area contributed by atoms with Gasteiger partial charge in [0.05, 0.1) is 11.7 Å². The second-order valence-electron chi connectivity index (χ2n) is 5.50. The Morgan fingerprint density at radius 1 is 1.30 bits per heavy atom. The number of hydrogen-bond acceptors (Lipinski definition) is 5. The van der Waals surface area contributed by atoms with Gasteiger partial charge in [-0.1, -0.05) is 0 Å². The summed E-state index contributed by atoms with van der Waals surface area (Å²) in [5.74, 6) is -0.0181. The van der Waals surface area contributed by atoms with E-state index in [-0.39, 0.29) is 18.0 Å². The molecule has 6 heteroatoms. The average Bonchev–Trinajstić information content (AvgIpc) is 3.18. The summed E-state index contributed by atoms with van der Waals surface area (Å²) in [6.07, 6.45) is 6.42. The van der Waals surface area contributed by atoms with Crippen LogP contribution in [0.3, 0.4) is 0 Å². The fraction of sp³-hybridized carbons (Fsp3) is 0.643. The second-order valence-corrected chi connectivity index (χ2v) is 5.50. The van der Waals surface area contributed by atoms with Gasteiger partial charge in [-0.25, -0.2) is 4.98 Å². The van der Waals surface area contributed by atoms with Gasteiger partial charge in [0.2, 0.25) is 0 Å². The molecule has 1 amide bonds. The Labute approximate surface area is 119 Å². The SMILES string of the molecule is CN(C(=O)c1nccnc1C1CCCN1)C1CCNC1. The molecule has 108 valence electrons. The van der Waals surface area contributed by atoms with Crippen molar-refractivity contribution in [2.45, 2.75) is 31.3 Å². The monoisotopic (exact) mass is 275 g/mol. The van der Waals surface area contributed by atoms with E-state index in [9.17, 15) is 4.79 Å². The van der Waals surface area contributed by atoms with Crippen LogP contribution in [-0.2, 0) is 0 Å². The van der Waals surface area contributed by atoms with Crippen LogP contribution >= 0.6 is 0 Å². The van der Waals surface area contributed by atoms with Crippen molar-refractivity contribution in [3.63, 3.8) is 0 Å². The molecule has 1 aromatic heterocycles. The predicted molar refractivity (Wildman–Crippen MR) is 75.4 cm³/mol. The number of likely N-dealkylation sites (N-methyl/N-ethyl adjacent to an activating group) is 1. The van der Waals surface area contributed by atoms with E-state index in [1.165, 1.54) is 0 Å². The maximum absolute atomic E-state index is 12.7. The van der Waals surface area contributed by atoms with Crippen LogP contribution in [0, 0.1) is 0 Å². The van der Waals surface area contributed by atoms with Gasteiger partial charge in [0.15, 0.2) is 5.69 Å². The van der Waals surface area contributed by atoms with E-state index in [1.54, 1.807) is 12.4 Å². The highest BCUT2D eigenvalue weighted by Crippen LogP contribution is 2.24. The Bertz CT molecular complexity index is 480. The van der Waals surface area contributed by atoms with Gasteiger partial charge in [0.25, 0.3) is 5.91 Å². The van der Waals surface area contributed by atoms with Crippen LogP contribution in [0.5, 0.6) is 0 Å². The minimum Gasteiger partial charge on any atom is -0.336 e. The molecule has 2 fully saturated rings. The molecule has 20 heavy (non-hydrogen) atoms. The Hall–Kier alpha value is -1.53. The topological polar surface area (TPSA) is 70.2 Å². The van der Waals surface area contributed by atoms with Crippen molar-refractivity contribution >= 4 is 5.91 Å². The van der Waals surface area contributed by atoms with Crippen LogP contribution in [-0.4, -0.2) is 53.5 Å². The van der Waals surface area contributed by atoms with Gasteiger partial charge < -0.3 is 15.5 Å². The Morgan fingerprint density at radius 2 is 2.15 bits per heavy atom. The smallest absolute Gasteiger partial charge is 0.274 e. The summed E-state index contributed by atoms with van der Waals surface area (Å²) in [5, 5.41) is 6.68. The molecule has 2 atom stereocenters. The third kappa shape index (κ3) is 2.53. The molecule has 2 aliphatic heterocycles. The van der Waals surface area contributed by atoms with Crippen molar-refractivity contribution in [2.75, 3.05) is 26.7 Å². The van der Waals surface area contributed by atoms with Crippen molar-refractivity contribution in [1.29, 1.82) is 0 Å². The molecule has 0 aliphatic carbocycles. The summed E-state index contributed by atoms with van der Waals surface area (Å²) in [5.41, 5.74) is 1.30. The van der Waals surface area contributed by atoms with Gasteiger partial charge in [-0.15, -0.1) is 0 Å². The third-order valence-electron chi connectivity index (χ3n) is 4.22. The molecule has 3 heterocycles. The molecule has 0 radical (unpaired) electrons. The lowest BCUT2D eigenvalue weighted by Crippen LogP contribution is -2.39. The van der Waals surface area contributed by atoms with Crippen LogP contribution in [0.2, 0.25) is 0 Å². The summed E-state index contributed by atoms with van der Waals surface area (Å²) in [6.45, 7) is 2.82. The first-order valence-corrected chi connectivity index (χ1v) is 7.29. The first kappa shape index (κ1) is 13.5. The van der Waals surface area contributed by atoms with Crippen LogP contribution in [0.4, 0.5) is 0 Å². The van der Waals surface area contributed by atoms with Gasteiger partial charge in [0, 0.05) is 32.0 Å². The first-order chi connectivity index (χ1) is 9.77. The van der Waals surface area contributed by atoms with E-state index >= 15 is 0 Å². The van der Waals surface area contributed by atoms with Crippen molar-refractivity contribution in [2.24, 2.45) is 0 Å². The van der Waals surface area contributed by atoms with Crippen LogP contribution < -0.4 is 10.6 Å².